The zero-order valence-electron chi connectivity index (χ0n) is 19.0. The number of hydrogen-bond donors (Lipinski definition) is 0. The molecule has 200 valence electrons. The fraction of sp³-hybridized carbons (Fsp3) is 0.435. The molecule has 0 aliphatic rings. The Morgan fingerprint density at radius 3 is 1.39 bits per heavy atom. The molecule has 0 spiro atoms. The SMILES string of the molecule is COCCOc1cc(Cl)ccc1C(C(=O)C(c1ccc(Cl)cc1OCCOC)C(F)(F)F)C(F)(F)F. The minimum absolute atomic E-state index is 0.0330. The fourth-order valence-electron chi connectivity index (χ4n) is 3.36. The summed E-state index contributed by atoms with van der Waals surface area (Å²) in [5, 5.41) is -0.0862. The van der Waals surface area contributed by atoms with E-state index in [4.69, 9.17) is 42.1 Å². The summed E-state index contributed by atoms with van der Waals surface area (Å²) in [7, 11) is 2.63. The Hall–Kier alpha value is -2.21. The van der Waals surface area contributed by atoms with E-state index in [1.807, 2.05) is 0 Å². The first-order valence-electron chi connectivity index (χ1n) is 10.3. The molecular weight excluding hydrogens is 541 g/mol. The van der Waals surface area contributed by atoms with Crippen LogP contribution in [0.5, 0.6) is 11.5 Å². The van der Waals surface area contributed by atoms with Gasteiger partial charge in [0.2, 0.25) is 0 Å². The van der Waals surface area contributed by atoms with Crippen LogP contribution in [0.25, 0.3) is 0 Å². The van der Waals surface area contributed by atoms with Gasteiger partial charge in [0.25, 0.3) is 0 Å². The molecule has 0 aromatic heterocycles. The average Bonchev–Trinajstić information content (AvgIpc) is 2.75. The number of alkyl halides is 6. The van der Waals surface area contributed by atoms with Gasteiger partial charge in [-0.1, -0.05) is 35.3 Å². The number of benzene rings is 2. The summed E-state index contributed by atoms with van der Waals surface area (Å²) >= 11 is 11.7. The van der Waals surface area contributed by atoms with E-state index in [2.05, 4.69) is 0 Å². The molecule has 0 amide bonds. The van der Waals surface area contributed by atoms with E-state index in [0.29, 0.717) is 0 Å². The molecular formula is C23H22Cl2F6O5. The third-order valence-corrected chi connectivity index (χ3v) is 5.36. The number of Topliss-reactive ketones (excluding diaryl/α,β-unsaturated/α-hetero) is 1. The summed E-state index contributed by atoms with van der Waals surface area (Å²) in [4.78, 5) is 13.2. The lowest BCUT2D eigenvalue weighted by atomic mass is 9.82. The van der Waals surface area contributed by atoms with Crippen molar-refractivity contribution < 1.29 is 50.1 Å². The molecule has 2 atom stereocenters. The van der Waals surface area contributed by atoms with Gasteiger partial charge in [-0.05, 0) is 24.3 Å². The van der Waals surface area contributed by atoms with Crippen LogP contribution < -0.4 is 9.47 Å². The molecule has 36 heavy (non-hydrogen) atoms. The lowest BCUT2D eigenvalue weighted by Gasteiger charge is -2.28. The quantitative estimate of drug-likeness (QED) is 0.215. The lowest BCUT2D eigenvalue weighted by Crippen LogP contribution is -2.38. The van der Waals surface area contributed by atoms with Gasteiger partial charge in [-0.2, -0.15) is 26.3 Å². The summed E-state index contributed by atoms with van der Waals surface area (Å²) < 4.78 is 105. The highest BCUT2D eigenvalue weighted by molar-refractivity contribution is 6.31. The molecule has 0 heterocycles. The number of hydrogen-bond acceptors (Lipinski definition) is 5. The van der Waals surface area contributed by atoms with Gasteiger partial charge in [0.15, 0.2) is 5.78 Å². The topological polar surface area (TPSA) is 54.0 Å². The Balaban J connectivity index is 2.66. The smallest absolute Gasteiger partial charge is 0.402 e. The standard InChI is InChI=1S/C23H22Cl2F6O5/c1-33-7-9-35-17-11-13(24)3-5-15(17)19(22(26,27)28)21(32)20(23(29,30)31)16-6-4-14(25)12-18(16)36-10-8-34-2/h3-6,11-12,19-20H,7-10H2,1-2H3. The third kappa shape index (κ3) is 7.89. The molecule has 0 N–H and O–H groups in total. The van der Waals surface area contributed by atoms with Gasteiger partial charge in [0, 0.05) is 35.4 Å². The summed E-state index contributed by atoms with van der Waals surface area (Å²) in [6, 6.07) is 5.65. The second-order valence-electron chi connectivity index (χ2n) is 7.40. The van der Waals surface area contributed by atoms with Crippen LogP contribution >= 0.6 is 23.2 Å². The van der Waals surface area contributed by atoms with Crippen LogP contribution in [-0.2, 0) is 14.3 Å². The molecule has 0 radical (unpaired) electrons. The predicted octanol–water partition coefficient (Wildman–Crippen LogP) is 6.60. The van der Waals surface area contributed by atoms with E-state index in [1.54, 1.807) is 0 Å². The molecule has 2 rings (SSSR count). The molecule has 2 aromatic rings. The average molecular weight is 563 g/mol. The van der Waals surface area contributed by atoms with Gasteiger partial charge in [-0.3, -0.25) is 4.79 Å². The Morgan fingerprint density at radius 1 is 0.722 bits per heavy atom. The first kappa shape index (κ1) is 30.0. The number of carbonyl (C=O) groups excluding carboxylic acids is 1. The van der Waals surface area contributed by atoms with Crippen LogP contribution in [0.4, 0.5) is 26.3 Å². The van der Waals surface area contributed by atoms with E-state index in [0.717, 1.165) is 36.4 Å². The maximum Gasteiger partial charge on any atom is 0.402 e. The van der Waals surface area contributed by atoms with Gasteiger partial charge >= 0.3 is 12.4 Å². The first-order valence-corrected chi connectivity index (χ1v) is 11.1. The van der Waals surface area contributed by atoms with Gasteiger partial charge in [-0.25, -0.2) is 0 Å². The monoisotopic (exact) mass is 562 g/mol. The number of halogens is 8. The Bertz CT molecular complexity index is 950. The zero-order chi connectivity index (χ0) is 27.1. The molecule has 0 saturated carbocycles. The summed E-state index contributed by atoms with van der Waals surface area (Å²) in [6.07, 6.45) is -10.8. The van der Waals surface area contributed by atoms with Crippen LogP contribution in [0.1, 0.15) is 23.0 Å². The molecule has 0 bridgehead atoms. The number of carbonyl (C=O) groups is 1. The Morgan fingerprint density at radius 2 is 1.08 bits per heavy atom. The number of rotatable bonds is 12. The number of ketones is 1. The van der Waals surface area contributed by atoms with Crippen molar-refractivity contribution in [3.05, 3.63) is 57.6 Å². The van der Waals surface area contributed by atoms with Gasteiger partial charge in [0.05, 0.1) is 13.2 Å². The fourth-order valence-corrected chi connectivity index (χ4v) is 3.69. The minimum Gasteiger partial charge on any atom is -0.491 e. The number of methoxy groups -OCH3 is 2. The highest BCUT2D eigenvalue weighted by Gasteiger charge is 2.56. The molecule has 5 nitrogen and oxygen atoms in total. The van der Waals surface area contributed by atoms with Gasteiger partial charge < -0.3 is 18.9 Å². The molecule has 0 fully saturated rings. The van der Waals surface area contributed by atoms with Crippen molar-refractivity contribution in [2.45, 2.75) is 24.2 Å². The van der Waals surface area contributed by atoms with Crippen molar-refractivity contribution in [3.8, 4) is 11.5 Å². The Kier molecular flexibility index (Phi) is 10.7. The lowest BCUT2D eigenvalue weighted by molar-refractivity contribution is -0.184. The van der Waals surface area contributed by atoms with Crippen molar-refractivity contribution in [1.29, 1.82) is 0 Å². The minimum atomic E-state index is -5.41. The summed E-state index contributed by atoms with van der Waals surface area (Å²) in [5.41, 5.74) is -1.64. The van der Waals surface area contributed by atoms with Gasteiger partial charge in [0.1, 0.15) is 36.5 Å². The predicted molar refractivity (Wildman–Crippen MR) is 120 cm³/mol. The highest BCUT2D eigenvalue weighted by atomic mass is 35.5. The molecule has 0 aliphatic heterocycles. The van der Waals surface area contributed by atoms with Crippen LogP contribution in [0.3, 0.4) is 0 Å². The third-order valence-electron chi connectivity index (χ3n) is 4.89. The Labute approximate surface area is 213 Å². The highest BCUT2D eigenvalue weighted by Crippen LogP contribution is 2.49. The van der Waals surface area contributed by atoms with Crippen molar-refractivity contribution >= 4 is 29.0 Å². The van der Waals surface area contributed by atoms with E-state index >= 15 is 0 Å². The molecule has 2 unspecified atom stereocenters. The van der Waals surface area contributed by atoms with Crippen molar-refractivity contribution in [1.82, 2.24) is 0 Å². The van der Waals surface area contributed by atoms with Crippen LogP contribution in [0, 0.1) is 0 Å². The normalized spacial score (nSPS) is 13.8. The second-order valence-corrected chi connectivity index (χ2v) is 8.27. The maximum absolute atomic E-state index is 14.2. The molecule has 2 aromatic carbocycles. The van der Waals surface area contributed by atoms with Crippen LogP contribution in [0.15, 0.2) is 36.4 Å². The first-order chi connectivity index (χ1) is 16.8. The van der Waals surface area contributed by atoms with E-state index in [1.165, 1.54) is 14.2 Å². The van der Waals surface area contributed by atoms with Gasteiger partial charge in [-0.15, -0.1) is 0 Å². The maximum atomic E-state index is 14.2. The van der Waals surface area contributed by atoms with Crippen molar-refractivity contribution in [2.24, 2.45) is 0 Å². The molecule has 13 heteroatoms. The van der Waals surface area contributed by atoms with Crippen LogP contribution in [-0.4, -0.2) is 58.8 Å². The van der Waals surface area contributed by atoms with Crippen LogP contribution in [0.2, 0.25) is 10.0 Å². The van der Waals surface area contributed by atoms with E-state index in [-0.39, 0.29) is 36.5 Å². The van der Waals surface area contributed by atoms with Crippen molar-refractivity contribution in [2.75, 3.05) is 40.6 Å². The zero-order valence-corrected chi connectivity index (χ0v) is 20.5. The van der Waals surface area contributed by atoms with E-state index < -0.39 is 52.6 Å². The van der Waals surface area contributed by atoms with E-state index in [9.17, 15) is 31.1 Å². The molecule has 0 saturated heterocycles. The second kappa shape index (κ2) is 12.8. The largest absolute Gasteiger partial charge is 0.491 e. The number of ether oxygens (including phenoxy) is 4. The summed E-state index contributed by atoms with van der Waals surface area (Å²) in [6.45, 7) is -0.538. The molecule has 0 aliphatic carbocycles. The summed E-state index contributed by atoms with van der Waals surface area (Å²) in [5.74, 6) is -9.55. The van der Waals surface area contributed by atoms with Crippen molar-refractivity contribution in [3.63, 3.8) is 0 Å².